The lowest BCUT2D eigenvalue weighted by atomic mass is 10.2. The summed E-state index contributed by atoms with van der Waals surface area (Å²) in [5.41, 5.74) is 3.03. The standard InChI is InChI=1S/C16H13NO/c1-12-6-9-14(10-7-12)17-15-5-3-2-4-13(15)8-11-16(17)18/h2-11H,1H3. The van der Waals surface area contributed by atoms with Crippen LogP contribution < -0.4 is 5.56 Å². The third-order valence-corrected chi connectivity index (χ3v) is 3.10. The highest BCUT2D eigenvalue weighted by Crippen LogP contribution is 2.16. The SMILES string of the molecule is Cc1ccc(-n2c(=O)ccc3ccccc32)cc1. The van der Waals surface area contributed by atoms with Crippen molar-refractivity contribution in [3.8, 4) is 5.69 Å². The highest BCUT2D eigenvalue weighted by Gasteiger charge is 2.04. The van der Waals surface area contributed by atoms with Crippen molar-refractivity contribution in [3.63, 3.8) is 0 Å². The largest absolute Gasteiger partial charge is 0.277 e. The predicted octanol–water partition coefficient (Wildman–Crippen LogP) is 3.30. The summed E-state index contributed by atoms with van der Waals surface area (Å²) >= 11 is 0. The van der Waals surface area contributed by atoms with Gasteiger partial charge in [-0.1, -0.05) is 35.9 Å². The number of pyridine rings is 1. The van der Waals surface area contributed by atoms with Crippen molar-refractivity contribution in [2.75, 3.05) is 0 Å². The average molecular weight is 235 g/mol. The first-order chi connectivity index (χ1) is 8.75. The molecule has 0 saturated carbocycles. The van der Waals surface area contributed by atoms with Gasteiger partial charge in [0, 0.05) is 11.8 Å². The zero-order valence-corrected chi connectivity index (χ0v) is 10.1. The Balaban J connectivity index is 2.37. The second-order valence-corrected chi connectivity index (χ2v) is 4.40. The quantitative estimate of drug-likeness (QED) is 0.634. The van der Waals surface area contributed by atoms with Crippen LogP contribution in [0.1, 0.15) is 5.56 Å². The number of nitrogens with zero attached hydrogens (tertiary/aromatic N) is 1. The van der Waals surface area contributed by atoms with E-state index in [1.807, 2.05) is 61.5 Å². The molecule has 0 aliphatic carbocycles. The minimum atomic E-state index is -0.00227. The van der Waals surface area contributed by atoms with Crippen molar-refractivity contribution in [1.82, 2.24) is 4.57 Å². The van der Waals surface area contributed by atoms with Gasteiger partial charge in [0.2, 0.25) is 0 Å². The molecule has 0 amide bonds. The van der Waals surface area contributed by atoms with Crippen LogP contribution in [0.15, 0.2) is 65.5 Å². The van der Waals surface area contributed by atoms with Crippen molar-refractivity contribution in [2.24, 2.45) is 0 Å². The fourth-order valence-electron chi connectivity index (χ4n) is 2.15. The van der Waals surface area contributed by atoms with Crippen LogP contribution in [0.5, 0.6) is 0 Å². The summed E-state index contributed by atoms with van der Waals surface area (Å²) in [5.74, 6) is 0. The van der Waals surface area contributed by atoms with E-state index in [0.717, 1.165) is 16.6 Å². The van der Waals surface area contributed by atoms with E-state index in [2.05, 4.69) is 0 Å². The van der Waals surface area contributed by atoms with Gasteiger partial charge in [-0.25, -0.2) is 0 Å². The molecule has 0 bridgehead atoms. The van der Waals surface area contributed by atoms with E-state index in [1.54, 1.807) is 10.6 Å². The molecule has 88 valence electrons. The number of para-hydroxylation sites is 1. The molecule has 0 unspecified atom stereocenters. The topological polar surface area (TPSA) is 22.0 Å². The lowest BCUT2D eigenvalue weighted by Gasteiger charge is -2.10. The zero-order chi connectivity index (χ0) is 12.5. The van der Waals surface area contributed by atoms with Crippen LogP contribution in [0.4, 0.5) is 0 Å². The monoisotopic (exact) mass is 235 g/mol. The smallest absolute Gasteiger partial charge is 0.255 e. The number of hydrogen-bond donors (Lipinski definition) is 0. The van der Waals surface area contributed by atoms with Crippen LogP contribution in [0.25, 0.3) is 16.6 Å². The van der Waals surface area contributed by atoms with Crippen LogP contribution >= 0.6 is 0 Å². The molecular weight excluding hydrogens is 222 g/mol. The molecule has 0 aliphatic heterocycles. The summed E-state index contributed by atoms with van der Waals surface area (Å²) in [5, 5.41) is 1.07. The van der Waals surface area contributed by atoms with Gasteiger partial charge in [-0.05, 0) is 36.6 Å². The number of fused-ring (bicyclic) bond motifs is 1. The second kappa shape index (κ2) is 4.15. The number of aryl methyl sites for hydroxylation is 1. The highest BCUT2D eigenvalue weighted by molar-refractivity contribution is 5.80. The number of hydrogen-bond acceptors (Lipinski definition) is 1. The summed E-state index contributed by atoms with van der Waals surface area (Å²) in [6.07, 6.45) is 0. The van der Waals surface area contributed by atoms with E-state index in [4.69, 9.17) is 0 Å². The molecule has 1 aromatic heterocycles. The molecule has 0 aliphatic rings. The first kappa shape index (κ1) is 10.8. The average Bonchev–Trinajstić information content (AvgIpc) is 2.40. The first-order valence-corrected chi connectivity index (χ1v) is 5.93. The molecule has 2 aromatic carbocycles. The molecule has 18 heavy (non-hydrogen) atoms. The number of benzene rings is 2. The Labute approximate surface area is 105 Å². The lowest BCUT2D eigenvalue weighted by molar-refractivity contribution is 1.04. The minimum absolute atomic E-state index is 0.00227. The summed E-state index contributed by atoms with van der Waals surface area (Å²) in [4.78, 5) is 12.1. The fourth-order valence-corrected chi connectivity index (χ4v) is 2.15. The maximum Gasteiger partial charge on any atom is 0.255 e. The van der Waals surface area contributed by atoms with E-state index in [-0.39, 0.29) is 5.56 Å². The van der Waals surface area contributed by atoms with Crippen molar-refractivity contribution in [1.29, 1.82) is 0 Å². The molecule has 0 radical (unpaired) electrons. The summed E-state index contributed by atoms with van der Waals surface area (Å²) < 4.78 is 1.74. The number of rotatable bonds is 1. The van der Waals surface area contributed by atoms with Gasteiger partial charge in [0.1, 0.15) is 0 Å². The summed E-state index contributed by atoms with van der Waals surface area (Å²) in [6.45, 7) is 2.04. The normalized spacial score (nSPS) is 10.7. The lowest BCUT2D eigenvalue weighted by Crippen LogP contribution is -2.17. The van der Waals surface area contributed by atoms with Crippen molar-refractivity contribution < 1.29 is 0 Å². The predicted molar refractivity (Wildman–Crippen MR) is 74.3 cm³/mol. The van der Waals surface area contributed by atoms with Crippen LogP contribution in [0.2, 0.25) is 0 Å². The Hall–Kier alpha value is -2.35. The van der Waals surface area contributed by atoms with Gasteiger partial charge in [-0.2, -0.15) is 0 Å². The Morgan fingerprint density at radius 3 is 2.33 bits per heavy atom. The minimum Gasteiger partial charge on any atom is -0.277 e. The summed E-state index contributed by atoms with van der Waals surface area (Å²) in [6, 6.07) is 19.4. The van der Waals surface area contributed by atoms with E-state index in [0.29, 0.717) is 0 Å². The maximum atomic E-state index is 12.1. The van der Waals surface area contributed by atoms with Crippen LogP contribution in [-0.2, 0) is 0 Å². The van der Waals surface area contributed by atoms with Crippen LogP contribution in [0, 0.1) is 6.92 Å². The molecule has 3 rings (SSSR count). The van der Waals surface area contributed by atoms with Crippen molar-refractivity contribution in [3.05, 3.63) is 76.6 Å². The Morgan fingerprint density at radius 1 is 0.833 bits per heavy atom. The van der Waals surface area contributed by atoms with Crippen LogP contribution in [0.3, 0.4) is 0 Å². The van der Waals surface area contributed by atoms with Gasteiger partial charge in [-0.15, -0.1) is 0 Å². The third kappa shape index (κ3) is 1.72. The van der Waals surface area contributed by atoms with Gasteiger partial charge < -0.3 is 0 Å². The van der Waals surface area contributed by atoms with E-state index >= 15 is 0 Å². The molecule has 2 heteroatoms. The molecular formula is C16H13NO. The second-order valence-electron chi connectivity index (χ2n) is 4.40. The molecule has 0 N–H and O–H groups in total. The summed E-state index contributed by atoms with van der Waals surface area (Å²) in [7, 11) is 0. The molecule has 0 spiro atoms. The van der Waals surface area contributed by atoms with Crippen molar-refractivity contribution >= 4 is 10.9 Å². The van der Waals surface area contributed by atoms with Crippen molar-refractivity contribution in [2.45, 2.75) is 6.92 Å². The Kier molecular flexibility index (Phi) is 2.49. The molecule has 1 heterocycles. The Bertz CT molecular complexity index is 754. The van der Waals surface area contributed by atoms with Gasteiger partial charge in [-0.3, -0.25) is 9.36 Å². The Morgan fingerprint density at radius 2 is 1.56 bits per heavy atom. The fraction of sp³-hybridized carbons (Fsp3) is 0.0625. The molecule has 0 fully saturated rings. The van der Waals surface area contributed by atoms with Gasteiger partial charge in [0.15, 0.2) is 0 Å². The molecule has 0 saturated heterocycles. The molecule has 3 aromatic rings. The first-order valence-electron chi connectivity index (χ1n) is 5.93. The molecule has 0 atom stereocenters. The van der Waals surface area contributed by atoms with E-state index < -0.39 is 0 Å². The highest BCUT2D eigenvalue weighted by atomic mass is 16.1. The third-order valence-electron chi connectivity index (χ3n) is 3.10. The zero-order valence-electron chi connectivity index (χ0n) is 10.1. The maximum absolute atomic E-state index is 12.1. The van der Waals surface area contributed by atoms with Gasteiger partial charge in [0.05, 0.1) is 5.52 Å². The van der Waals surface area contributed by atoms with Crippen LogP contribution in [-0.4, -0.2) is 4.57 Å². The van der Waals surface area contributed by atoms with E-state index in [9.17, 15) is 4.79 Å². The molecule has 2 nitrogen and oxygen atoms in total. The van der Waals surface area contributed by atoms with Gasteiger partial charge >= 0.3 is 0 Å². The van der Waals surface area contributed by atoms with Gasteiger partial charge in [0.25, 0.3) is 5.56 Å². The van der Waals surface area contributed by atoms with E-state index in [1.165, 1.54) is 5.56 Å². The number of aromatic nitrogens is 1.